The Bertz CT molecular complexity index is 979. The molecular weight excluding hydrogens is 373 g/mol. The van der Waals surface area contributed by atoms with Crippen molar-refractivity contribution in [2.45, 2.75) is 38.0 Å². The minimum Gasteiger partial charge on any atom is -0.344 e. The molecule has 1 heterocycles. The van der Waals surface area contributed by atoms with Gasteiger partial charge in [-0.05, 0) is 91.6 Å². The molecule has 1 fully saturated rings. The Kier molecular flexibility index (Phi) is 5.58. The quantitative estimate of drug-likeness (QED) is 0.377. The highest BCUT2D eigenvalue weighted by atomic mass is 35.5. The number of hydrogen-bond acceptors (Lipinski definition) is 2. The van der Waals surface area contributed by atoms with Gasteiger partial charge in [0.05, 0.1) is 11.4 Å². The summed E-state index contributed by atoms with van der Waals surface area (Å²) in [5, 5.41) is 13.1. The van der Waals surface area contributed by atoms with Crippen LogP contribution in [0, 0.1) is 17.1 Å². The van der Waals surface area contributed by atoms with Gasteiger partial charge in [-0.2, -0.15) is 0 Å². The molecule has 0 aliphatic heterocycles. The Hall–Kier alpha value is -2.46. The van der Waals surface area contributed by atoms with E-state index in [1.165, 1.54) is 11.6 Å². The van der Waals surface area contributed by atoms with Crippen LogP contribution in [0.1, 0.15) is 43.6 Å². The summed E-state index contributed by atoms with van der Waals surface area (Å²) in [7, 11) is 0. The third-order valence-corrected chi connectivity index (χ3v) is 5.91. The van der Waals surface area contributed by atoms with Crippen molar-refractivity contribution >= 4 is 34.0 Å². The fraction of sp³-hybridized carbons (Fsp3) is 0.304. The molecule has 4 rings (SSSR count). The van der Waals surface area contributed by atoms with Gasteiger partial charge in [0.15, 0.2) is 0 Å². The molecule has 0 spiro atoms. The van der Waals surface area contributed by atoms with Gasteiger partial charge < -0.3 is 5.32 Å². The topological polar surface area (TPSA) is 48.8 Å². The number of anilines is 1. The summed E-state index contributed by atoms with van der Waals surface area (Å²) in [5.41, 5.74) is 2.96. The number of amidine groups is 1. The highest BCUT2D eigenvalue weighted by Gasteiger charge is 2.24. The molecule has 3 nitrogen and oxygen atoms in total. The zero-order valence-corrected chi connectivity index (χ0v) is 16.3. The molecule has 1 aliphatic carbocycles. The standard InChI is InChI=1S/C23H23ClFN3/c24-17-5-8-19(9-6-17)28-23(26)13-15-1-3-16(4-2-15)20-11-12-27-22-10-7-18(25)14-21(20)22/h5-12,14-16H,1-4,13H2,(H2,26,28)/t15-,16+. The van der Waals surface area contributed by atoms with Crippen molar-refractivity contribution in [1.82, 2.24) is 4.98 Å². The van der Waals surface area contributed by atoms with E-state index in [0.29, 0.717) is 22.7 Å². The Balaban J connectivity index is 1.36. The summed E-state index contributed by atoms with van der Waals surface area (Å²) in [6.45, 7) is 0. The first-order valence-corrected chi connectivity index (χ1v) is 10.1. The van der Waals surface area contributed by atoms with Crippen LogP contribution in [-0.4, -0.2) is 10.8 Å². The molecule has 3 aromatic rings. The Morgan fingerprint density at radius 1 is 1.07 bits per heavy atom. The van der Waals surface area contributed by atoms with Gasteiger partial charge in [0, 0.05) is 28.7 Å². The van der Waals surface area contributed by atoms with Gasteiger partial charge in [-0.3, -0.25) is 10.4 Å². The van der Waals surface area contributed by atoms with Gasteiger partial charge in [-0.1, -0.05) is 11.6 Å². The average molecular weight is 396 g/mol. The molecule has 1 aliphatic rings. The monoisotopic (exact) mass is 395 g/mol. The van der Waals surface area contributed by atoms with E-state index in [4.69, 9.17) is 17.0 Å². The van der Waals surface area contributed by atoms with E-state index in [9.17, 15) is 4.39 Å². The van der Waals surface area contributed by atoms with E-state index < -0.39 is 0 Å². The van der Waals surface area contributed by atoms with Gasteiger partial charge in [0.25, 0.3) is 0 Å². The molecule has 0 radical (unpaired) electrons. The number of halogens is 2. The fourth-order valence-corrected chi connectivity index (χ4v) is 4.35. The largest absolute Gasteiger partial charge is 0.344 e. The predicted octanol–water partition coefficient (Wildman–Crippen LogP) is 6.78. The summed E-state index contributed by atoms with van der Waals surface area (Å²) in [6, 6.07) is 14.3. The number of fused-ring (bicyclic) bond motifs is 1. The van der Waals surface area contributed by atoms with Gasteiger partial charge >= 0.3 is 0 Å². The van der Waals surface area contributed by atoms with Crippen molar-refractivity contribution in [2.24, 2.45) is 5.92 Å². The number of pyridine rings is 1. The summed E-state index contributed by atoms with van der Waals surface area (Å²) >= 11 is 5.91. The van der Waals surface area contributed by atoms with Crippen LogP contribution in [0.5, 0.6) is 0 Å². The molecule has 144 valence electrons. The molecule has 1 saturated carbocycles. The van der Waals surface area contributed by atoms with Crippen molar-refractivity contribution in [3.8, 4) is 0 Å². The lowest BCUT2D eigenvalue weighted by molar-refractivity contribution is 0.334. The third kappa shape index (κ3) is 4.33. The van der Waals surface area contributed by atoms with E-state index in [2.05, 4.69) is 10.3 Å². The number of benzene rings is 2. The smallest absolute Gasteiger partial charge is 0.123 e. The van der Waals surface area contributed by atoms with Crippen molar-refractivity contribution in [2.75, 3.05) is 5.32 Å². The fourth-order valence-electron chi connectivity index (χ4n) is 4.22. The van der Waals surface area contributed by atoms with Crippen LogP contribution < -0.4 is 5.32 Å². The first-order chi connectivity index (χ1) is 13.6. The summed E-state index contributed by atoms with van der Waals surface area (Å²) in [6.07, 6.45) is 6.86. The minimum absolute atomic E-state index is 0.211. The van der Waals surface area contributed by atoms with E-state index in [0.717, 1.165) is 48.7 Å². The highest BCUT2D eigenvalue weighted by Crippen LogP contribution is 2.39. The Morgan fingerprint density at radius 3 is 2.57 bits per heavy atom. The van der Waals surface area contributed by atoms with Crippen LogP contribution in [0.4, 0.5) is 10.1 Å². The predicted molar refractivity (Wildman–Crippen MR) is 114 cm³/mol. The normalized spacial score (nSPS) is 19.5. The minimum atomic E-state index is -0.211. The van der Waals surface area contributed by atoms with Crippen LogP contribution in [0.15, 0.2) is 54.7 Å². The third-order valence-electron chi connectivity index (χ3n) is 5.66. The summed E-state index contributed by atoms with van der Waals surface area (Å²) < 4.78 is 13.7. The van der Waals surface area contributed by atoms with Crippen LogP contribution in [-0.2, 0) is 0 Å². The zero-order chi connectivity index (χ0) is 19.5. The second-order valence-electron chi connectivity index (χ2n) is 7.59. The number of hydrogen-bond donors (Lipinski definition) is 2. The van der Waals surface area contributed by atoms with Crippen molar-refractivity contribution in [3.63, 3.8) is 0 Å². The highest BCUT2D eigenvalue weighted by molar-refractivity contribution is 6.30. The van der Waals surface area contributed by atoms with Crippen molar-refractivity contribution in [1.29, 1.82) is 5.41 Å². The molecule has 2 N–H and O–H groups in total. The second kappa shape index (κ2) is 8.27. The first-order valence-electron chi connectivity index (χ1n) is 9.72. The molecule has 1 aromatic heterocycles. The van der Waals surface area contributed by atoms with Crippen LogP contribution in [0.2, 0.25) is 5.02 Å². The summed E-state index contributed by atoms with van der Waals surface area (Å²) in [4.78, 5) is 4.37. The Labute approximate surface area is 169 Å². The molecule has 0 amide bonds. The molecule has 28 heavy (non-hydrogen) atoms. The SMILES string of the molecule is N=C(C[C@H]1CC[C@@H](c2ccnc3ccc(F)cc32)CC1)Nc1ccc(Cl)cc1. The Morgan fingerprint density at radius 2 is 1.82 bits per heavy atom. The van der Waals surface area contributed by atoms with Gasteiger partial charge in [-0.15, -0.1) is 0 Å². The molecule has 0 unspecified atom stereocenters. The average Bonchev–Trinajstić information content (AvgIpc) is 2.70. The maximum absolute atomic E-state index is 13.7. The van der Waals surface area contributed by atoms with Crippen LogP contribution >= 0.6 is 11.6 Å². The molecule has 0 atom stereocenters. The number of nitrogens with zero attached hydrogens (tertiary/aromatic N) is 1. The lowest BCUT2D eigenvalue weighted by atomic mass is 9.76. The molecular formula is C23H23ClFN3. The maximum Gasteiger partial charge on any atom is 0.123 e. The van der Waals surface area contributed by atoms with E-state index in [1.807, 2.05) is 36.5 Å². The molecule has 0 saturated heterocycles. The number of aromatic nitrogens is 1. The number of nitrogens with one attached hydrogen (secondary N) is 2. The number of rotatable bonds is 4. The lowest BCUT2D eigenvalue weighted by Gasteiger charge is -2.29. The summed E-state index contributed by atoms with van der Waals surface area (Å²) in [5.74, 6) is 1.27. The molecule has 0 bridgehead atoms. The van der Waals surface area contributed by atoms with E-state index in [-0.39, 0.29) is 5.82 Å². The van der Waals surface area contributed by atoms with Gasteiger partial charge in [-0.25, -0.2) is 4.39 Å². The zero-order valence-electron chi connectivity index (χ0n) is 15.6. The van der Waals surface area contributed by atoms with E-state index >= 15 is 0 Å². The van der Waals surface area contributed by atoms with Crippen molar-refractivity contribution < 1.29 is 4.39 Å². The van der Waals surface area contributed by atoms with E-state index in [1.54, 1.807) is 12.1 Å². The molecule has 5 heteroatoms. The van der Waals surface area contributed by atoms with Gasteiger partial charge in [0.1, 0.15) is 5.82 Å². The second-order valence-corrected chi connectivity index (χ2v) is 8.03. The van der Waals surface area contributed by atoms with Crippen LogP contribution in [0.25, 0.3) is 10.9 Å². The van der Waals surface area contributed by atoms with Gasteiger partial charge in [0.2, 0.25) is 0 Å². The molecule has 2 aromatic carbocycles. The first kappa shape index (κ1) is 18.9. The van der Waals surface area contributed by atoms with Crippen LogP contribution in [0.3, 0.4) is 0 Å². The van der Waals surface area contributed by atoms with Crippen molar-refractivity contribution in [3.05, 3.63) is 71.1 Å². The maximum atomic E-state index is 13.7. The lowest BCUT2D eigenvalue weighted by Crippen LogP contribution is -2.20.